The van der Waals surface area contributed by atoms with E-state index in [2.05, 4.69) is 0 Å². The Balaban J connectivity index is 2.25. The summed E-state index contributed by atoms with van der Waals surface area (Å²) in [6.07, 6.45) is 0. The van der Waals surface area contributed by atoms with Crippen molar-refractivity contribution in [1.29, 1.82) is 0 Å². The summed E-state index contributed by atoms with van der Waals surface area (Å²) in [6.45, 7) is 1.80. The van der Waals surface area contributed by atoms with Gasteiger partial charge in [0.05, 0.1) is 10.5 Å². The number of hydrogen-bond donors (Lipinski definition) is 1. The van der Waals surface area contributed by atoms with Crippen LogP contribution in [0.4, 0.5) is 5.69 Å². The quantitative estimate of drug-likeness (QED) is 0.684. The third-order valence-electron chi connectivity index (χ3n) is 2.58. The highest BCUT2D eigenvalue weighted by Crippen LogP contribution is 2.31. The second kappa shape index (κ2) is 5.75. The van der Waals surface area contributed by atoms with Gasteiger partial charge in [-0.05, 0) is 42.8 Å². The predicted molar refractivity (Wildman–Crippen MR) is 75.4 cm³/mol. The van der Waals surface area contributed by atoms with E-state index in [1.165, 1.54) is 36.0 Å². The Morgan fingerprint density at radius 2 is 1.80 bits per heavy atom. The molecule has 0 saturated heterocycles. The fraction of sp³-hybridized carbons (Fsp3) is 0.0714. The molecule has 6 heteroatoms. The average Bonchev–Trinajstić information content (AvgIpc) is 2.38. The zero-order chi connectivity index (χ0) is 14.7. The molecular formula is C14H11NO4S. The summed E-state index contributed by atoms with van der Waals surface area (Å²) >= 11 is 1.36. The molecule has 2 aromatic carbocycles. The van der Waals surface area contributed by atoms with Crippen LogP contribution in [0.1, 0.15) is 15.9 Å². The molecule has 0 amide bonds. The van der Waals surface area contributed by atoms with Crippen LogP contribution in [0, 0.1) is 17.0 Å². The number of benzene rings is 2. The van der Waals surface area contributed by atoms with Crippen LogP contribution in [0.5, 0.6) is 0 Å². The minimum atomic E-state index is -0.979. The van der Waals surface area contributed by atoms with E-state index in [0.717, 1.165) is 15.4 Å². The zero-order valence-corrected chi connectivity index (χ0v) is 11.4. The number of hydrogen-bond acceptors (Lipinski definition) is 4. The van der Waals surface area contributed by atoms with Crippen molar-refractivity contribution in [3.63, 3.8) is 0 Å². The van der Waals surface area contributed by atoms with Crippen molar-refractivity contribution in [2.24, 2.45) is 0 Å². The average molecular weight is 289 g/mol. The molecule has 2 rings (SSSR count). The number of nitro benzene ring substituents is 1. The number of carboxylic acid groups (broad SMARTS) is 1. The monoisotopic (exact) mass is 289 g/mol. The van der Waals surface area contributed by atoms with Crippen LogP contribution in [-0.2, 0) is 0 Å². The van der Waals surface area contributed by atoms with Gasteiger partial charge in [0.1, 0.15) is 0 Å². The van der Waals surface area contributed by atoms with E-state index >= 15 is 0 Å². The van der Waals surface area contributed by atoms with Crippen LogP contribution in [0.25, 0.3) is 0 Å². The summed E-state index contributed by atoms with van der Waals surface area (Å²) in [5, 5.41) is 19.6. The molecule has 102 valence electrons. The van der Waals surface area contributed by atoms with Crippen molar-refractivity contribution in [1.82, 2.24) is 0 Å². The Morgan fingerprint density at radius 3 is 2.35 bits per heavy atom. The largest absolute Gasteiger partial charge is 0.478 e. The lowest BCUT2D eigenvalue weighted by Gasteiger charge is -2.04. The Kier molecular flexibility index (Phi) is 4.05. The molecule has 0 saturated carbocycles. The molecular weight excluding hydrogens is 278 g/mol. The normalized spacial score (nSPS) is 10.2. The van der Waals surface area contributed by atoms with E-state index in [-0.39, 0.29) is 11.3 Å². The van der Waals surface area contributed by atoms with Crippen molar-refractivity contribution in [2.45, 2.75) is 16.7 Å². The van der Waals surface area contributed by atoms with Gasteiger partial charge in [-0.3, -0.25) is 10.1 Å². The molecule has 0 bridgehead atoms. The first-order valence-corrected chi connectivity index (χ1v) is 6.54. The van der Waals surface area contributed by atoms with Gasteiger partial charge in [-0.15, -0.1) is 0 Å². The maximum absolute atomic E-state index is 10.8. The van der Waals surface area contributed by atoms with Gasteiger partial charge in [0.15, 0.2) is 0 Å². The van der Waals surface area contributed by atoms with Crippen molar-refractivity contribution in [3.05, 3.63) is 63.7 Å². The second-order valence-electron chi connectivity index (χ2n) is 4.19. The lowest BCUT2D eigenvalue weighted by atomic mass is 10.2. The van der Waals surface area contributed by atoms with Crippen LogP contribution >= 0.6 is 11.8 Å². The van der Waals surface area contributed by atoms with Crippen LogP contribution in [0.3, 0.4) is 0 Å². The number of non-ortho nitro benzene ring substituents is 1. The number of carbonyl (C=O) groups is 1. The molecule has 0 aliphatic heterocycles. The highest BCUT2D eigenvalue weighted by Gasteiger charge is 2.09. The first kappa shape index (κ1) is 14.1. The van der Waals surface area contributed by atoms with E-state index in [1.807, 2.05) is 6.07 Å². The number of aryl methyl sites for hydroxylation is 1. The molecule has 0 unspecified atom stereocenters. The van der Waals surface area contributed by atoms with Crippen LogP contribution in [0.15, 0.2) is 52.3 Å². The highest BCUT2D eigenvalue weighted by atomic mass is 32.2. The summed E-state index contributed by atoms with van der Waals surface area (Å²) in [6, 6.07) is 11.2. The first-order valence-electron chi connectivity index (χ1n) is 5.73. The number of aromatic carboxylic acids is 1. The smallest absolute Gasteiger partial charge is 0.335 e. The lowest BCUT2D eigenvalue weighted by Crippen LogP contribution is -1.94. The molecule has 0 fully saturated rings. The molecule has 1 N–H and O–H groups in total. The Labute approximate surface area is 119 Å². The van der Waals surface area contributed by atoms with E-state index in [1.54, 1.807) is 19.1 Å². The SMILES string of the molecule is Cc1cc(Sc2ccc(C(=O)O)cc2)cc([N+](=O)[O-])c1. The maximum Gasteiger partial charge on any atom is 0.335 e. The number of nitro groups is 1. The van der Waals surface area contributed by atoms with Crippen molar-refractivity contribution >= 4 is 23.4 Å². The molecule has 0 aliphatic carbocycles. The van der Waals surface area contributed by atoms with E-state index in [0.29, 0.717) is 0 Å². The molecule has 0 heterocycles. The second-order valence-corrected chi connectivity index (χ2v) is 5.34. The summed E-state index contributed by atoms with van der Waals surface area (Å²) < 4.78 is 0. The first-order chi connectivity index (χ1) is 9.45. The Bertz CT molecular complexity index is 667. The fourth-order valence-electron chi connectivity index (χ4n) is 1.69. The van der Waals surface area contributed by atoms with Crippen molar-refractivity contribution in [3.8, 4) is 0 Å². The standard InChI is InChI=1S/C14H11NO4S/c1-9-6-11(15(18)19)8-13(7-9)20-12-4-2-10(3-5-12)14(16)17/h2-8H,1H3,(H,16,17). The predicted octanol–water partition coefficient (Wildman–Crippen LogP) is 3.75. The molecule has 20 heavy (non-hydrogen) atoms. The van der Waals surface area contributed by atoms with Crippen LogP contribution < -0.4 is 0 Å². The topological polar surface area (TPSA) is 80.4 Å². The van der Waals surface area contributed by atoms with E-state index in [9.17, 15) is 14.9 Å². The van der Waals surface area contributed by atoms with Gasteiger partial charge in [0.2, 0.25) is 0 Å². The molecule has 0 aliphatic rings. The number of carboxylic acids is 1. The van der Waals surface area contributed by atoms with Gasteiger partial charge >= 0.3 is 5.97 Å². The highest BCUT2D eigenvalue weighted by molar-refractivity contribution is 7.99. The van der Waals surface area contributed by atoms with Gasteiger partial charge in [-0.1, -0.05) is 11.8 Å². The minimum absolute atomic E-state index is 0.0506. The summed E-state index contributed by atoms with van der Waals surface area (Å²) in [5.41, 5.74) is 1.07. The number of rotatable bonds is 4. The van der Waals surface area contributed by atoms with E-state index < -0.39 is 10.9 Å². The van der Waals surface area contributed by atoms with Gasteiger partial charge in [-0.2, -0.15) is 0 Å². The van der Waals surface area contributed by atoms with Gasteiger partial charge in [0, 0.05) is 21.9 Å². The fourth-order valence-corrected chi connectivity index (χ4v) is 2.66. The van der Waals surface area contributed by atoms with Crippen LogP contribution in [-0.4, -0.2) is 16.0 Å². The number of nitrogens with zero attached hydrogens (tertiary/aromatic N) is 1. The van der Waals surface area contributed by atoms with Gasteiger partial charge < -0.3 is 5.11 Å². The molecule has 0 radical (unpaired) electrons. The summed E-state index contributed by atoms with van der Waals surface area (Å²) in [5.74, 6) is -0.979. The molecule has 5 nitrogen and oxygen atoms in total. The molecule has 0 aromatic heterocycles. The summed E-state index contributed by atoms with van der Waals surface area (Å²) in [4.78, 5) is 22.7. The third-order valence-corrected chi connectivity index (χ3v) is 3.56. The Hall–Kier alpha value is -2.34. The van der Waals surface area contributed by atoms with Crippen LogP contribution in [0.2, 0.25) is 0 Å². The van der Waals surface area contributed by atoms with E-state index in [4.69, 9.17) is 5.11 Å². The lowest BCUT2D eigenvalue weighted by molar-refractivity contribution is -0.385. The molecule has 0 atom stereocenters. The van der Waals surface area contributed by atoms with Crippen molar-refractivity contribution in [2.75, 3.05) is 0 Å². The Morgan fingerprint density at radius 1 is 1.15 bits per heavy atom. The molecule has 0 spiro atoms. The van der Waals surface area contributed by atoms with Crippen molar-refractivity contribution < 1.29 is 14.8 Å². The van der Waals surface area contributed by atoms with Gasteiger partial charge in [0.25, 0.3) is 5.69 Å². The molecule has 2 aromatic rings. The van der Waals surface area contributed by atoms with Gasteiger partial charge in [-0.25, -0.2) is 4.79 Å². The minimum Gasteiger partial charge on any atom is -0.478 e. The zero-order valence-electron chi connectivity index (χ0n) is 10.6. The maximum atomic E-state index is 10.8. The third kappa shape index (κ3) is 3.36. The summed E-state index contributed by atoms with van der Waals surface area (Å²) in [7, 11) is 0.